The Kier molecular flexibility index (Phi) is 8.18. The molecule has 2 aromatic heterocycles. The van der Waals surface area contributed by atoms with E-state index >= 15 is 0 Å². The Morgan fingerprint density at radius 2 is 2.09 bits per heavy atom. The molecular formula is C16H25BrIN5. The van der Waals surface area contributed by atoms with E-state index in [1.807, 2.05) is 17.8 Å². The molecule has 0 radical (unpaired) electrons. The molecule has 0 amide bonds. The number of hydrogen-bond donors (Lipinski definition) is 1. The summed E-state index contributed by atoms with van der Waals surface area (Å²) in [5, 5.41) is 3.35. The summed E-state index contributed by atoms with van der Waals surface area (Å²) in [6.07, 6.45) is 6.21. The van der Waals surface area contributed by atoms with Crippen LogP contribution in [0.25, 0.3) is 0 Å². The van der Waals surface area contributed by atoms with Gasteiger partial charge in [0, 0.05) is 56.4 Å². The highest BCUT2D eigenvalue weighted by molar-refractivity contribution is 14.0. The van der Waals surface area contributed by atoms with Crippen molar-refractivity contribution in [2.75, 3.05) is 13.6 Å². The number of halogens is 2. The largest absolute Gasteiger partial charge is 0.357 e. The fraction of sp³-hybridized carbons (Fsp3) is 0.438. The van der Waals surface area contributed by atoms with Gasteiger partial charge in [0.2, 0.25) is 0 Å². The maximum absolute atomic E-state index is 4.73. The lowest BCUT2D eigenvalue weighted by atomic mass is 10.3. The van der Waals surface area contributed by atoms with Crippen molar-refractivity contribution in [2.24, 2.45) is 19.1 Å². The topological polar surface area (TPSA) is 37.5 Å². The van der Waals surface area contributed by atoms with Gasteiger partial charge >= 0.3 is 0 Å². The molecule has 0 aliphatic rings. The maximum atomic E-state index is 4.73. The second kappa shape index (κ2) is 9.36. The minimum Gasteiger partial charge on any atom is -0.357 e. The van der Waals surface area contributed by atoms with Crippen molar-refractivity contribution in [1.29, 1.82) is 0 Å². The van der Waals surface area contributed by atoms with Crippen molar-refractivity contribution in [2.45, 2.75) is 20.0 Å². The molecule has 7 heteroatoms. The molecule has 0 aromatic carbocycles. The number of rotatable bonds is 5. The first kappa shape index (κ1) is 20.1. The summed E-state index contributed by atoms with van der Waals surface area (Å²) in [4.78, 5) is 6.87. The van der Waals surface area contributed by atoms with E-state index in [1.165, 1.54) is 11.3 Å². The van der Waals surface area contributed by atoms with Crippen molar-refractivity contribution in [3.63, 3.8) is 0 Å². The Hall–Kier alpha value is -0.960. The Balaban J connectivity index is 0.00000264. The van der Waals surface area contributed by atoms with Gasteiger partial charge in [-0.05, 0) is 40.5 Å². The van der Waals surface area contributed by atoms with Crippen LogP contribution in [-0.4, -0.2) is 33.6 Å². The first-order valence-electron chi connectivity index (χ1n) is 7.40. The average Bonchev–Trinajstić information content (AvgIpc) is 3.00. The van der Waals surface area contributed by atoms with Gasteiger partial charge in [0.25, 0.3) is 0 Å². The standard InChI is InChI=1S/C16H24BrN5.HI/c1-5-18-16(19-9-13-6-7-20(2)10-13)22(4)12-15-8-14(17)11-21(15)3;/h6-8,10-11H,5,9,12H2,1-4H3,(H,18,19);1H. The van der Waals surface area contributed by atoms with E-state index in [-0.39, 0.29) is 24.0 Å². The summed E-state index contributed by atoms with van der Waals surface area (Å²) in [5.41, 5.74) is 2.45. The summed E-state index contributed by atoms with van der Waals surface area (Å²) in [7, 11) is 6.15. The van der Waals surface area contributed by atoms with E-state index in [1.54, 1.807) is 0 Å². The molecule has 0 saturated carbocycles. The van der Waals surface area contributed by atoms with Gasteiger partial charge in [0.15, 0.2) is 5.96 Å². The molecule has 0 aliphatic heterocycles. The molecule has 0 atom stereocenters. The smallest absolute Gasteiger partial charge is 0.194 e. The van der Waals surface area contributed by atoms with Crippen LogP contribution >= 0.6 is 39.9 Å². The van der Waals surface area contributed by atoms with Crippen LogP contribution in [0.15, 0.2) is 40.2 Å². The molecule has 2 aromatic rings. The van der Waals surface area contributed by atoms with Crippen LogP contribution in [0.3, 0.4) is 0 Å². The van der Waals surface area contributed by atoms with Gasteiger partial charge in [0.05, 0.1) is 13.1 Å². The number of aryl methyl sites for hydroxylation is 2. The van der Waals surface area contributed by atoms with Crippen molar-refractivity contribution in [3.8, 4) is 0 Å². The predicted octanol–water partition coefficient (Wildman–Crippen LogP) is 3.34. The molecule has 2 rings (SSSR count). The third-order valence-corrected chi connectivity index (χ3v) is 3.91. The maximum Gasteiger partial charge on any atom is 0.194 e. The molecule has 0 fully saturated rings. The number of aliphatic imine (C=N–C) groups is 1. The van der Waals surface area contributed by atoms with E-state index in [0.29, 0.717) is 6.54 Å². The summed E-state index contributed by atoms with van der Waals surface area (Å²) >= 11 is 3.52. The Morgan fingerprint density at radius 1 is 1.35 bits per heavy atom. The highest BCUT2D eigenvalue weighted by Gasteiger charge is 2.09. The van der Waals surface area contributed by atoms with E-state index in [0.717, 1.165) is 23.5 Å². The first-order valence-corrected chi connectivity index (χ1v) is 8.20. The third kappa shape index (κ3) is 5.87. The molecule has 2 heterocycles. The quantitative estimate of drug-likeness (QED) is 0.394. The number of nitrogens with one attached hydrogen (secondary N) is 1. The number of nitrogens with zero attached hydrogens (tertiary/aromatic N) is 4. The zero-order chi connectivity index (χ0) is 16.1. The monoisotopic (exact) mass is 493 g/mol. The molecule has 0 unspecified atom stereocenters. The first-order chi connectivity index (χ1) is 10.5. The number of guanidine groups is 1. The van der Waals surface area contributed by atoms with Gasteiger partial charge < -0.3 is 19.4 Å². The van der Waals surface area contributed by atoms with Gasteiger partial charge in [-0.1, -0.05) is 0 Å². The minimum atomic E-state index is 0. The van der Waals surface area contributed by atoms with E-state index in [4.69, 9.17) is 4.99 Å². The SMILES string of the molecule is CCNC(=NCc1ccn(C)c1)N(C)Cc1cc(Br)cn1C.I. The second-order valence-electron chi connectivity index (χ2n) is 5.47. The van der Waals surface area contributed by atoms with Crippen LogP contribution in [-0.2, 0) is 27.2 Å². The number of hydrogen-bond acceptors (Lipinski definition) is 1. The van der Waals surface area contributed by atoms with E-state index < -0.39 is 0 Å². The van der Waals surface area contributed by atoms with Crippen molar-refractivity contribution in [1.82, 2.24) is 19.4 Å². The Morgan fingerprint density at radius 3 is 2.61 bits per heavy atom. The third-order valence-electron chi connectivity index (χ3n) is 3.47. The fourth-order valence-electron chi connectivity index (χ4n) is 2.33. The van der Waals surface area contributed by atoms with E-state index in [9.17, 15) is 0 Å². The molecule has 128 valence electrons. The summed E-state index contributed by atoms with van der Waals surface area (Å²) in [6.45, 7) is 4.44. The van der Waals surface area contributed by atoms with Gasteiger partial charge in [-0.3, -0.25) is 0 Å². The molecule has 0 saturated heterocycles. The Bertz CT molecular complexity index is 647. The highest BCUT2D eigenvalue weighted by Crippen LogP contribution is 2.15. The summed E-state index contributed by atoms with van der Waals surface area (Å²) in [6, 6.07) is 4.23. The van der Waals surface area contributed by atoms with Gasteiger partial charge in [-0.2, -0.15) is 0 Å². The normalized spacial score (nSPS) is 11.3. The average molecular weight is 494 g/mol. The minimum absolute atomic E-state index is 0. The van der Waals surface area contributed by atoms with Crippen molar-refractivity contribution < 1.29 is 0 Å². The number of aromatic nitrogens is 2. The lowest BCUT2D eigenvalue weighted by Crippen LogP contribution is -2.38. The summed E-state index contributed by atoms with van der Waals surface area (Å²) < 4.78 is 5.27. The highest BCUT2D eigenvalue weighted by atomic mass is 127. The van der Waals surface area contributed by atoms with Crippen molar-refractivity contribution in [3.05, 3.63) is 46.5 Å². The molecule has 1 N–H and O–H groups in total. The summed E-state index contributed by atoms with van der Waals surface area (Å²) in [5.74, 6) is 0.920. The molecular weight excluding hydrogens is 469 g/mol. The van der Waals surface area contributed by atoms with Gasteiger partial charge in [-0.15, -0.1) is 24.0 Å². The van der Waals surface area contributed by atoms with E-state index in [2.05, 4.69) is 76.3 Å². The lowest BCUT2D eigenvalue weighted by molar-refractivity contribution is 0.462. The van der Waals surface area contributed by atoms with Crippen LogP contribution < -0.4 is 5.32 Å². The molecule has 0 aliphatic carbocycles. The zero-order valence-electron chi connectivity index (χ0n) is 14.1. The second-order valence-corrected chi connectivity index (χ2v) is 6.39. The van der Waals surface area contributed by atoms with Crippen LogP contribution in [0.5, 0.6) is 0 Å². The van der Waals surface area contributed by atoms with Crippen LogP contribution in [0.2, 0.25) is 0 Å². The van der Waals surface area contributed by atoms with Gasteiger partial charge in [0.1, 0.15) is 0 Å². The molecule has 0 bridgehead atoms. The molecule has 0 spiro atoms. The van der Waals surface area contributed by atoms with Crippen LogP contribution in [0, 0.1) is 0 Å². The zero-order valence-corrected chi connectivity index (χ0v) is 18.0. The van der Waals surface area contributed by atoms with Crippen LogP contribution in [0.4, 0.5) is 0 Å². The van der Waals surface area contributed by atoms with Gasteiger partial charge in [-0.25, -0.2) is 4.99 Å². The fourth-order valence-corrected chi connectivity index (χ4v) is 2.90. The molecule has 5 nitrogen and oxygen atoms in total. The van der Waals surface area contributed by atoms with Crippen LogP contribution in [0.1, 0.15) is 18.2 Å². The van der Waals surface area contributed by atoms with Crippen molar-refractivity contribution >= 4 is 45.9 Å². The lowest BCUT2D eigenvalue weighted by Gasteiger charge is -2.22. The Labute approximate surface area is 163 Å². The predicted molar refractivity (Wildman–Crippen MR) is 110 cm³/mol. The molecule has 23 heavy (non-hydrogen) atoms.